The van der Waals surface area contributed by atoms with Crippen molar-refractivity contribution in [1.29, 1.82) is 0 Å². The average molecular weight is 235 g/mol. The summed E-state index contributed by atoms with van der Waals surface area (Å²) in [7, 11) is 0. The third-order valence-corrected chi connectivity index (χ3v) is 2.46. The predicted molar refractivity (Wildman–Crippen MR) is 62.1 cm³/mol. The van der Waals surface area contributed by atoms with Crippen LogP contribution in [0.25, 0.3) is 0 Å². The maximum Gasteiger partial charge on any atom is 0.245 e. The highest BCUT2D eigenvalue weighted by Crippen LogP contribution is 2.16. The van der Waals surface area contributed by atoms with E-state index in [1.54, 1.807) is 6.07 Å². The lowest BCUT2D eigenvalue weighted by Gasteiger charge is -2.06. The molecule has 0 spiro atoms. The Hall–Kier alpha value is -1.91. The fourth-order valence-electron chi connectivity index (χ4n) is 1.46. The third-order valence-electron chi connectivity index (χ3n) is 2.46. The molecule has 1 aromatic heterocycles. The first-order valence-corrected chi connectivity index (χ1v) is 5.50. The third kappa shape index (κ3) is 2.81. The van der Waals surface area contributed by atoms with Gasteiger partial charge in [-0.2, -0.15) is 4.98 Å². The molecule has 1 heterocycles. The monoisotopic (exact) mass is 235 g/mol. The SMILES string of the molecule is CCc1noc(CNc2cc(F)ccc2C)n1. The molecular weight excluding hydrogens is 221 g/mol. The van der Waals surface area contributed by atoms with Gasteiger partial charge in [-0.25, -0.2) is 4.39 Å². The minimum atomic E-state index is -0.266. The fourth-order valence-corrected chi connectivity index (χ4v) is 1.46. The molecule has 0 fully saturated rings. The summed E-state index contributed by atoms with van der Waals surface area (Å²) in [6.07, 6.45) is 0.739. The molecule has 90 valence electrons. The average Bonchev–Trinajstić information content (AvgIpc) is 2.78. The van der Waals surface area contributed by atoms with E-state index >= 15 is 0 Å². The molecule has 5 heteroatoms. The van der Waals surface area contributed by atoms with E-state index in [0.29, 0.717) is 18.3 Å². The molecule has 1 N–H and O–H groups in total. The van der Waals surface area contributed by atoms with Gasteiger partial charge in [0.1, 0.15) is 5.82 Å². The van der Waals surface area contributed by atoms with Crippen LogP contribution >= 0.6 is 0 Å². The molecule has 2 rings (SSSR count). The number of rotatable bonds is 4. The highest BCUT2D eigenvalue weighted by molar-refractivity contribution is 5.50. The van der Waals surface area contributed by atoms with Gasteiger partial charge < -0.3 is 9.84 Å². The predicted octanol–water partition coefficient (Wildman–Crippen LogP) is 2.69. The molecule has 0 unspecified atom stereocenters. The van der Waals surface area contributed by atoms with Crippen LogP contribution in [0.5, 0.6) is 0 Å². The van der Waals surface area contributed by atoms with Crippen molar-refractivity contribution in [1.82, 2.24) is 10.1 Å². The molecule has 17 heavy (non-hydrogen) atoms. The first kappa shape index (κ1) is 11.6. The van der Waals surface area contributed by atoms with Crippen LogP contribution in [0, 0.1) is 12.7 Å². The second kappa shape index (κ2) is 4.95. The number of hydrogen-bond donors (Lipinski definition) is 1. The summed E-state index contributed by atoms with van der Waals surface area (Å²) in [5.41, 5.74) is 1.71. The normalized spacial score (nSPS) is 10.5. The van der Waals surface area contributed by atoms with Crippen LogP contribution < -0.4 is 5.32 Å². The Balaban J connectivity index is 2.04. The number of aryl methyl sites for hydroxylation is 2. The maximum absolute atomic E-state index is 13.0. The Labute approximate surface area is 98.8 Å². The smallest absolute Gasteiger partial charge is 0.245 e. The van der Waals surface area contributed by atoms with Crippen LogP contribution in [0.3, 0.4) is 0 Å². The van der Waals surface area contributed by atoms with E-state index in [2.05, 4.69) is 15.5 Å². The number of nitrogens with zero attached hydrogens (tertiary/aromatic N) is 2. The van der Waals surface area contributed by atoms with Crippen LogP contribution in [0.15, 0.2) is 22.7 Å². The fraction of sp³-hybridized carbons (Fsp3) is 0.333. The summed E-state index contributed by atoms with van der Waals surface area (Å²) in [6.45, 7) is 4.27. The summed E-state index contributed by atoms with van der Waals surface area (Å²) < 4.78 is 18.1. The van der Waals surface area contributed by atoms with Crippen molar-refractivity contribution >= 4 is 5.69 Å². The quantitative estimate of drug-likeness (QED) is 0.885. The number of aromatic nitrogens is 2. The molecular formula is C12H14FN3O. The lowest BCUT2D eigenvalue weighted by Crippen LogP contribution is -2.02. The molecule has 0 aliphatic heterocycles. The minimum absolute atomic E-state index is 0.266. The van der Waals surface area contributed by atoms with Gasteiger partial charge in [0, 0.05) is 12.1 Å². The van der Waals surface area contributed by atoms with Crippen LogP contribution in [-0.2, 0) is 13.0 Å². The summed E-state index contributed by atoms with van der Waals surface area (Å²) in [5.74, 6) is 0.918. The number of benzene rings is 1. The van der Waals surface area contributed by atoms with E-state index in [0.717, 1.165) is 17.7 Å². The van der Waals surface area contributed by atoms with Gasteiger partial charge in [0.15, 0.2) is 5.82 Å². The summed E-state index contributed by atoms with van der Waals surface area (Å²) in [6, 6.07) is 4.61. The van der Waals surface area contributed by atoms with Crippen LogP contribution in [0.4, 0.5) is 10.1 Å². The van der Waals surface area contributed by atoms with Crippen LogP contribution in [-0.4, -0.2) is 10.1 Å². The van der Waals surface area contributed by atoms with Crippen molar-refractivity contribution < 1.29 is 8.91 Å². The Morgan fingerprint density at radius 2 is 2.24 bits per heavy atom. The van der Waals surface area contributed by atoms with E-state index < -0.39 is 0 Å². The second-order valence-electron chi connectivity index (χ2n) is 3.77. The lowest BCUT2D eigenvalue weighted by molar-refractivity contribution is 0.378. The van der Waals surface area contributed by atoms with Gasteiger partial charge in [-0.1, -0.05) is 18.1 Å². The van der Waals surface area contributed by atoms with Gasteiger partial charge >= 0.3 is 0 Å². The van der Waals surface area contributed by atoms with Gasteiger partial charge in [-0.05, 0) is 24.6 Å². The minimum Gasteiger partial charge on any atom is -0.376 e. The van der Waals surface area contributed by atoms with E-state index in [9.17, 15) is 4.39 Å². The molecule has 4 nitrogen and oxygen atoms in total. The van der Waals surface area contributed by atoms with Gasteiger partial charge in [0.05, 0.1) is 6.54 Å². The lowest BCUT2D eigenvalue weighted by atomic mass is 10.2. The van der Waals surface area contributed by atoms with E-state index in [1.165, 1.54) is 12.1 Å². The van der Waals surface area contributed by atoms with E-state index in [1.807, 2.05) is 13.8 Å². The number of halogens is 1. The van der Waals surface area contributed by atoms with Crippen molar-refractivity contribution in [3.63, 3.8) is 0 Å². The Kier molecular flexibility index (Phi) is 3.37. The molecule has 0 radical (unpaired) electrons. The molecule has 0 saturated carbocycles. The van der Waals surface area contributed by atoms with Crippen LogP contribution in [0.1, 0.15) is 24.2 Å². The van der Waals surface area contributed by atoms with Crippen LogP contribution in [0.2, 0.25) is 0 Å². The van der Waals surface area contributed by atoms with E-state index in [-0.39, 0.29) is 5.82 Å². The Morgan fingerprint density at radius 1 is 1.41 bits per heavy atom. The molecule has 0 bridgehead atoms. The molecule has 0 aliphatic carbocycles. The van der Waals surface area contributed by atoms with Crippen molar-refractivity contribution in [2.45, 2.75) is 26.8 Å². The van der Waals surface area contributed by atoms with Gasteiger partial charge in [-0.15, -0.1) is 0 Å². The van der Waals surface area contributed by atoms with Crippen molar-refractivity contribution in [3.8, 4) is 0 Å². The largest absolute Gasteiger partial charge is 0.376 e. The number of anilines is 1. The molecule has 0 saturated heterocycles. The van der Waals surface area contributed by atoms with Crippen molar-refractivity contribution in [3.05, 3.63) is 41.3 Å². The van der Waals surface area contributed by atoms with Gasteiger partial charge in [0.25, 0.3) is 0 Å². The molecule has 2 aromatic rings. The topological polar surface area (TPSA) is 51.0 Å². The number of nitrogens with one attached hydrogen (secondary N) is 1. The molecule has 0 amide bonds. The zero-order valence-electron chi connectivity index (χ0n) is 9.83. The first-order valence-electron chi connectivity index (χ1n) is 5.50. The summed E-state index contributed by atoms with van der Waals surface area (Å²) in [4.78, 5) is 4.16. The van der Waals surface area contributed by atoms with E-state index in [4.69, 9.17) is 4.52 Å². The highest BCUT2D eigenvalue weighted by atomic mass is 19.1. The summed E-state index contributed by atoms with van der Waals surface area (Å²) >= 11 is 0. The molecule has 1 aromatic carbocycles. The Morgan fingerprint density at radius 3 is 2.94 bits per heavy atom. The first-order chi connectivity index (χ1) is 8.19. The molecule has 0 aliphatic rings. The number of hydrogen-bond acceptors (Lipinski definition) is 4. The van der Waals surface area contributed by atoms with Gasteiger partial charge in [0.2, 0.25) is 5.89 Å². The zero-order chi connectivity index (χ0) is 12.3. The van der Waals surface area contributed by atoms with Crippen molar-refractivity contribution in [2.75, 3.05) is 5.32 Å². The standard InChI is InChI=1S/C12H14FN3O/c1-3-11-15-12(17-16-11)7-14-10-6-9(13)5-4-8(10)2/h4-6,14H,3,7H2,1-2H3. The zero-order valence-corrected chi connectivity index (χ0v) is 9.83. The highest BCUT2D eigenvalue weighted by Gasteiger charge is 2.05. The molecule has 0 atom stereocenters. The van der Waals surface area contributed by atoms with Gasteiger partial charge in [-0.3, -0.25) is 0 Å². The second-order valence-corrected chi connectivity index (χ2v) is 3.77. The maximum atomic E-state index is 13.0. The van der Waals surface area contributed by atoms with Crippen molar-refractivity contribution in [2.24, 2.45) is 0 Å². The summed E-state index contributed by atoms with van der Waals surface area (Å²) in [5, 5.41) is 6.86. The Bertz CT molecular complexity index is 510.